The monoisotopic (exact) mass is 381 g/mol. The fourth-order valence-electron chi connectivity index (χ4n) is 5.45. The third-order valence-electron chi connectivity index (χ3n) is 6.87. The summed E-state index contributed by atoms with van der Waals surface area (Å²) in [4.78, 5) is 0. The van der Waals surface area contributed by atoms with Gasteiger partial charge in [0.1, 0.15) is 12.5 Å². The van der Waals surface area contributed by atoms with Crippen molar-refractivity contribution in [3.63, 3.8) is 0 Å². The van der Waals surface area contributed by atoms with Crippen LogP contribution in [0.4, 0.5) is 4.39 Å². The molecule has 0 aromatic rings. The zero-order chi connectivity index (χ0) is 18.8. The van der Waals surface area contributed by atoms with Crippen molar-refractivity contribution in [3.8, 4) is 0 Å². The van der Waals surface area contributed by atoms with Crippen LogP contribution in [-0.2, 0) is 4.74 Å². The molecular weight excluding hydrogens is 345 g/mol. The van der Waals surface area contributed by atoms with Crippen LogP contribution in [0.2, 0.25) is 0 Å². The topological polar surface area (TPSA) is 69.4 Å². The fraction of sp³-hybridized carbons (Fsp3) is 0.900. The van der Waals surface area contributed by atoms with Crippen molar-refractivity contribution >= 4 is 0 Å². The second kappa shape index (κ2) is 8.84. The molecule has 3 heterocycles. The van der Waals surface area contributed by atoms with Crippen molar-refractivity contribution in [1.82, 2.24) is 26.6 Å². The van der Waals surface area contributed by atoms with Gasteiger partial charge in [0.2, 0.25) is 0 Å². The Morgan fingerprint density at radius 2 is 2.15 bits per heavy atom. The average Bonchev–Trinajstić information content (AvgIpc) is 2.96. The Kier molecular flexibility index (Phi) is 6.46. The van der Waals surface area contributed by atoms with Crippen LogP contribution in [0.3, 0.4) is 0 Å². The van der Waals surface area contributed by atoms with Gasteiger partial charge in [0, 0.05) is 31.2 Å². The van der Waals surface area contributed by atoms with E-state index in [1.54, 1.807) is 5.57 Å². The van der Waals surface area contributed by atoms with Gasteiger partial charge in [0.15, 0.2) is 0 Å². The first-order valence-corrected chi connectivity index (χ1v) is 10.8. The van der Waals surface area contributed by atoms with Gasteiger partial charge in [-0.15, -0.1) is 0 Å². The van der Waals surface area contributed by atoms with E-state index in [1.807, 2.05) is 14.0 Å². The van der Waals surface area contributed by atoms with Crippen molar-refractivity contribution in [2.45, 2.75) is 75.8 Å². The van der Waals surface area contributed by atoms with Gasteiger partial charge in [0.25, 0.3) is 0 Å². The van der Waals surface area contributed by atoms with Crippen LogP contribution in [-0.4, -0.2) is 63.6 Å². The lowest BCUT2D eigenvalue weighted by Gasteiger charge is -2.44. The van der Waals surface area contributed by atoms with Gasteiger partial charge in [0.05, 0.1) is 12.3 Å². The first-order valence-electron chi connectivity index (χ1n) is 10.8. The van der Waals surface area contributed by atoms with Gasteiger partial charge >= 0.3 is 0 Å². The number of fused-ring (bicyclic) bond motifs is 1. The summed E-state index contributed by atoms with van der Waals surface area (Å²) in [5, 5.41) is 17.0. The summed E-state index contributed by atoms with van der Waals surface area (Å²) in [6.07, 6.45) is 7.26. The second-order valence-electron chi connectivity index (χ2n) is 8.68. The van der Waals surface area contributed by atoms with Gasteiger partial charge in [-0.25, -0.2) is 4.39 Å². The Labute approximate surface area is 162 Å². The average molecular weight is 382 g/mol. The second-order valence-corrected chi connectivity index (χ2v) is 8.68. The Bertz CT molecular complexity index is 533. The molecule has 8 atom stereocenters. The summed E-state index contributed by atoms with van der Waals surface area (Å²) in [5.41, 5.74) is 1.58. The van der Waals surface area contributed by atoms with Crippen LogP contribution >= 0.6 is 0 Å². The lowest BCUT2D eigenvalue weighted by Crippen LogP contribution is -2.72. The maximum atomic E-state index is 14.3. The molecule has 3 fully saturated rings. The Hall–Kier alpha value is -0.570. The molecule has 0 amide bonds. The van der Waals surface area contributed by atoms with Crippen LogP contribution in [0.25, 0.3) is 0 Å². The number of halogens is 1. The van der Waals surface area contributed by atoms with Gasteiger partial charge < -0.3 is 15.4 Å². The molecule has 7 heteroatoms. The molecule has 154 valence electrons. The Morgan fingerprint density at radius 3 is 3.00 bits per heavy atom. The molecule has 1 aliphatic carbocycles. The summed E-state index contributed by atoms with van der Waals surface area (Å²) in [5.74, 6) is 1.15. The van der Waals surface area contributed by atoms with Crippen LogP contribution in [0.5, 0.6) is 0 Å². The molecule has 1 saturated carbocycles. The first kappa shape index (κ1) is 19.7. The highest BCUT2D eigenvalue weighted by atomic mass is 19.1. The van der Waals surface area contributed by atoms with Crippen molar-refractivity contribution in [1.29, 1.82) is 0 Å². The maximum Gasteiger partial charge on any atom is 0.143 e. The molecule has 4 aliphatic rings. The van der Waals surface area contributed by atoms with E-state index in [-0.39, 0.29) is 18.5 Å². The van der Waals surface area contributed by atoms with Crippen LogP contribution < -0.4 is 26.6 Å². The van der Waals surface area contributed by atoms with Gasteiger partial charge in [-0.1, -0.05) is 11.6 Å². The minimum absolute atomic E-state index is 0.0706. The summed E-state index contributed by atoms with van der Waals surface area (Å²) < 4.78 is 20.5. The Morgan fingerprint density at radius 1 is 1.26 bits per heavy atom. The lowest BCUT2D eigenvalue weighted by molar-refractivity contribution is 0.0147. The SMILES string of the molecule is CNC1NC(NC2CC3CCOC3C(C3=CCNCCC3)C2)NC(C)C1F. The van der Waals surface area contributed by atoms with Crippen molar-refractivity contribution in [2.75, 3.05) is 26.7 Å². The number of hydrogen-bond acceptors (Lipinski definition) is 6. The Balaban J connectivity index is 1.43. The molecule has 0 aromatic heterocycles. The van der Waals surface area contributed by atoms with Gasteiger partial charge in [-0.3, -0.25) is 16.0 Å². The van der Waals surface area contributed by atoms with E-state index in [4.69, 9.17) is 4.74 Å². The zero-order valence-electron chi connectivity index (χ0n) is 16.6. The van der Waals surface area contributed by atoms with E-state index in [0.29, 0.717) is 24.0 Å². The van der Waals surface area contributed by atoms with E-state index in [1.165, 1.54) is 19.3 Å². The largest absolute Gasteiger partial charge is 0.377 e. The minimum Gasteiger partial charge on any atom is -0.377 e. The lowest BCUT2D eigenvalue weighted by atomic mass is 9.72. The quantitative estimate of drug-likeness (QED) is 0.465. The number of nitrogens with one attached hydrogen (secondary N) is 5. The molecule has 3 aliphatic heterocycles. The van der Waals surface area contributed by atoms with Gasteiger partial charge in [-0.2, -0.15) is 0 Å². The smallest absolute Gasteiger partial charge is 0.143 e. The highest BCUT2D eigenvalue weighted by Crippen LogP contribution is 2.42. The van der Waals surface area contributed by atoms with Crippen molar-refractivity contribution in [2.24, 2.45) is 11.8 Å². The summed E-state index contributed by atoms with van der Waals surface area (Å²) in [6.45, 7) is 4.89. The van der Waals surface area contributed by atoms with E-state index in [0.717, 1.165) is 32.5 Å². The van der Waals surface area contributed by atoms with E-state index in [9.17, 15) is 4.39 Å². The third-order valence-corrected chi connectivity index (χ3v) is 6.87. The molecule has 5 N–H and O–H groups in total. The number of rotatable bonds is 4. The van der Waals surface area contributed by atoms with E-state index in [2.05, 4.69) is 32.7 Å². The van der Waals surface area contributed by atoms with E-state index >= 15 is 0 Å². The molecular formula is C20H36FN5O. The van der Waals surface area contributed by atoms with Crippen LogP contribution in [0.1, 0.15) is 39.0 Å². The predicted octanol–water partition coefficient (Wildman–Crippen LogP) is 0.818. The predicted molar refractivity (Wildman–Crippen MR) is 105 cm³/mol. The molecule has 27 heavy (non-hydrogen) atoms. The first-order chi connectivity index (χ1) is 13.2. The zero-order valence-corrected chi connectivity index (χ0v) is 16.6. The molecule has 4 rings (SSSR count). The molecule has 8 unspecified atom stereocenters. The van der Waals surface area contributed by atoms with Crippen LogP contribution in [0.15, 0.2) is 11.6 Å². The van der Waals surface area contributed by atoms with Crippen LogP contribution in [0, 0.1) is 11.8 Å². The highest BCUT2D eigenvalue weighted by molar-refractivity contribution is 5.15. The third kappa shape index (κ3) is 4.38. The summed E-state index contributed by atoms with van der Waals surface area (Å²) in [7, 11) is 1.81. The normalized spacial score (nSPS) is 45.8. The molecule has 2 saturated heterocycles. The van der Waals surface area contributed by atoms with Crippen molar-refractivity contribution < 1.29 is 9.13 Å². The molecule has 6 nitrogen and oxygen atoms in total. The molecule has 0 aromatic carbocycles. The fourth-order valence-corrected chi connectivity index (χ4v) is 5.45. The van der Waals surface area contributed by atoms with Crippen molar-refractivity contribution in [3.05, 3.63) is 11.6 Å². The standard InChI is InChI=1S/C20H36FN5O/c1-12-17(21)19(22-2)26-20(24-12)25-15-10-14-6-9-27-18(14)16(11-15)13-4-3-7-23-8-5-13/h5,12,14-20,22-26H,3-4,6-11H2,1-2H3. The number of ether oxygens (including phenoxy) is 1. The minimum atomic E-state index is -0.941. The molecule has 0 bridgehead atoms. The molecule has 0 spiro atoms. The highest BCUT2D eigenvalue weighted by Gasteiger charge is 2.44. The molecule has 0 radical (unpaired) electrons. The maximum absolute atomic E-state index is 14.3. The number of hydrogen-bond donors (Lipinski definition) is 5. The van der Waals surface area contributed by atoms with Gasteiger partial charge in [-0.05, 0) is 58.5 Å². The summed E-state index contributed by atoms with van der Waals surface area (Å²) in [6, 6.07) is 0.236. The van der Waals surface area contributed by atoms with E-state index < -0.39 is 6.17 Å². The number of alkyl halides is 1. The summed E-state index contributed by atoms with van der Waals surface area (Å²) >= 11 is 0.